The minimum Gasteiger partial charge on any atom is -0.342 e. The van der Waals surface area contributed by atoms with Gasteiger partial charge in [0.05, 0.1) is 6.04 Å². The molecule has 0 heterocycles. The maximum atomic E-state index is 12.5. The molecule has 3 aromatic carbocycles. The van der Waals surface area contributed by atoms with Gasteiger partial charge in [-0.15, -0.1) is 0 Å². The van der Waals surface area contributed by atoms with Gasteiger partial charge in [0.15, 0.2) is 0 Å². The van der Waals surface area contributed by atoms with Crippen molar-refractivity contribution in [2.24, 2.45) is 0 Å². The highest BCUT2D eigenvalue weighted by atomic mass is 35.5. The van der Waals surface area contributed by atoms with E-state index in [1.807, 2.05) is 54.6 Å². The summed E-state index contributed by atoms with van der Waals surface area (Å²) in [5.41, 5.74) is 4.21. The zero-order chi connectivity index (χ0) is 18.4. The van der Waals surface area contributed by atoms with Crippen molar-refractivity contribution in [3.8, 4) is 0 Å². The van der Waals surface area contributed by atoms with Crippen LogP contribution < -0.4 is 5.32 Å². The molecule has 2 nitrogen and oxygen atoms in total. The molecule has 3 heteroatoms. The first-order chi connectivity index (χ1) is 12.6. The van der Waals surface area contributed by atoms with E-state index in [0.717, 1.165) is 22.3 Å². The average Bonchev–Trinajstić information content (AvgIpc) is 2.67. The molecule has 0 bridgehead atoms. The van der Waals surface area contributed by atoms with Crippen molar-refractivity contribution in [1.82, 2.24) is 5.32 Å². The first-order valence-corrected chi connectivity index (χ1v) is 8.86. The Morgan fingerprint density at radius 1 is 0.923 bits per heavy atom. The molecule has 0 unspecified atom stereocenters. The molecule has 3 aromatic rings. The van der Waals surface area contributed by atoms with Crippen LogP contribution in [0.2, 0.25) is 5.02 Å². The Balaban J connectivity index is 1.83. The van der Waals surface area contributed by atoms with Crippen LogP contribution in [-0.2, 0) is 4.79 Å². The summed E-state index contributed by atoms with van der Waals surface area (Å²) in [7, 11) is 0. The summed E-state index contributed by atoms with van der Waals surface area (Å²) in [6, 6.07) is 25.3. The quantitative estimate of drug-likeness (QED) is 0.591. The van der Waals surface area contributed by atoms with Crippen LogP contribution in [0.5, 0.6) is 0 Å². The summed E-state index contributed by atoms with van der Waals surface area (Å²) >= 11 is 5.89. The lowest BCUT2D eigenvalue weighted by molar-refractivity contribution is -0.116. The molecule has 130 valence electrons. The molecule has 0 aromatic heterocycles. The molecule has 1 amide bonds. The van der Waals surface area contributed by atoms with Gasteiger partial charge in [0, 0.05) is 11.1 Å². The van der Waals surface area contributed by atoms with Crippen molar-refractivity contribution >= 4 is 23.6 Å². The topological polar surface area (TPSA) is 29.1 Å². The van der Waals surface area contributed by atoms with Crippen LogP contribution in [0.25, 0.3) is 6.08 Å². The number of aryl methyl sites for hydroxylation is 1. The number of hydrogen-bond donors (Lipinski definition) is 1. The van der Waals surface area contributed by atoms with Crippen LogP contribution in [0.15, 0.2) is 84.9 Å². The molecule has 0 radical (unpaired) electrons. The van der Waals surface area contributed by atoms with E-state index in [2.05, 4.69) is 24.4 Å². The number of carbonyl (C=O) groups is 1. The van der Waals surface area contributed by atoms with Gasteiger partial charge in [0.1, 0.15) is 0 Å². The van der Waals surface area contributed by atoms with Crippen LogP contribution in [0.1, 0.15) is 28.3 Å². The molecule has 1 N–H and O–H groups in total. The SMILES string of the molecule is Cc1ccccc1[C@@H](NC(=O)/C=C/c1ccc(Cl)cc1)c1ccccc1. The van der Waals surface area contributed by atoms with E-state index in [1.165, 1.54) is 0 Å². The molecular weight excluding hydrogens is 342 g/mol. The van der Waals surface area contributed by atoms with E-state index in [-0.39, 0.29) is 11.9 Å². The number of rotatable bonds is 5. The van der Waals surface area contributed by atoms with E-state index in [1.54, 1.807) is 24.3 Å². The summed E-state index contributed by atoms with van der Waals surface area (Å²) in [5.74, 6) is -0.142. The number of carbonyl (C=O) groups excluding carboxylic acids is 1. The van der Waals surface area contributed by atoms with Gasteiger partial charge in [0.2, 0.25) is 5.91 Å². The van der Waals surface area contributed by atoms with E-state index in [9.17, 15) is 4.79 Å². The first kappa shape index (κ1) is 18.0. The van der Waals surface area contributed by atoms with Crippen molar-refractivity contribution in [2.75, 3.05) is 0 Å². The monoisotopic (exact) mass is 361 g/mol. The van der Waals surface area contributed by atoms with Gasteiger partial charge in [-0.25, -0.2) is 0 Å². The van der Waals surface area contributed by atoms with E-state index in [4.69, 9.17) is 11.6 Å². The smallest absolute Gasteiger partial charge is 0.244 e. The standard InChI is InChI=1S/C23H20ClNO/c1-17-7-5-6-10-21(17)23(19-8-3-2-4-9-19)25-22(26)16-13-18-11-14-20(24)15-12-18/h2-16,23H,1H3,(H,25,26)/b16-13+/t23-/m0/s1. The Morgan fingerprint density at radius 2 is 1.58 bits per heavy atom. The Kier molecular flexibility index (Phi) is 5.88. The average molecular weight is 362 g/mol. The van der Waals surface area contributed by atoms with Crippen LogP contribution >= 0.6 is 11.6 Å². The molecule has 26 heavy (non-hydrogen) atoms. The Bertz CT molecular complexity index is 901. The highest BCUT2D eigenvalue weighted by molar-refractivity contribution is 6.30. The van der Waals surface area contributed by atoms with Gasteiger partial charge in [0.25, 0.3) is 0 Å². The maximum absolute atomic E-state index is 12.5. The Morgan fingerprint density at radius 3 is 2.27 bits per heavy atom. The van der Waals surface area contributed by atoms with Gasteiger partial charge in [-0.1, -0.05) is 78.3 Å². The Hall–Kier alpha value is -2.84. The number of hydrogen-bond acceptors (Lipinski definition) is 1. The third-order valence-corrected chi connectivity index (χ3v) is 4.47. The Labute approximate surface area is 159 Å². The van der Waals surface area contributed by atoms with Crippen molar-refractivity contribution in [1.29, 1.82) is 0 Å². The molecular formula is C23H20ClNO. The summed E-state index contributed by atoms with van der Waals surface area (Å²) in [5, 5.41) is 3.80. The molecule has 3 rings (SSSR count). The maximum Gasteiger partial charge on any atom is 0.244 e. The van der Waals surface area contributed by atoms with Crippen molar-refractivity contribution in [3.05, 3.63) is 112 Å². The third-order valence-electron chi connectivity index (χ3n) is 4.22. The van der Waals surface area contributed by atoms with Crippen molar-refractivity contribution in [3.63, 3.8) is 0 Å². The van der Waals surface area contributed by atoms with Crippen LogP contribution in [0.4, 0.5) is 0 Å². The molecule has 0 aliphatic carbocycles. The summed E-state index contributed by atoms with van der Waals surface area (Å²) < 4.78 is 0. The van der Waals surface area contributed by atoms with Gasteiger partial charge in [-0.05, 0) is 47.4 Å². The molecule has 0 spiro atoms. The molecule has 0 aliphatic heterocycles. The zero-order valence-electron chi connectivity index (χ0n) is 14.5. The second-order valence-corrected chi connectivity index (χ2v) is 6.53. The fourth-order valence-corrected chi connectivity index (χ4v) is 2.96. The molecule has 0 fully saturated rings. The van der Waals surface area contributed by atoms with Gasteiger partial charge in [-0.3, -0.25) is 4.79 Å². The largest absolute Gasteiger partial charge is 0.342 e. The summed E-state index contributed by atoms with van der Waals surface area (Å²) in [4.78, 5) is 12.5. The van der Waals surface area contributed by atoms with Crippen LogP contribution in [0.3, 0.4) is 0 Å². The van der Waals surface area contributed by atoms with E-state index >= 15 is 0 Å². The molecule has 0 saturated heterocycles. The number of benzene rings is 3. The lowest BCUT2D eigenvalue weighted by Crippen LogP contribution is -2.28. The zero-order valence-corrected chi connectivity index (χ0v) is 15.3. The van der Waals surface area contributed by atoms with Crippen molar-refractivity contribution < 1.29 is 4.79 Å². The third kappa shape index (κ3) is 4.62. The first-order valence-electron chi connectivity index (χ1n) is 8.48. The fraction of sp³-hybridized carbons (Fsp3) is 0.0870. The van der Waals surface area contributed by atoms with Crippen molar-refractivity contribution in [2.45, 2.75) is 13.0 Å². The predicted octanol–water partition coefficient (Wildman–Crippen LogP) is 5.57. The highest BCUT2D eigenvalue weighted by Gasteiger charge is 2.17. The number of nitrogens with one attached hydrogen (secondary N) is 1. The molecule has 0 saturated carbocycles. The van der Waals surface area contributed by atoms with Gasteiger partial charge in [-0.2, -0.15) is 0 Å². The van der Waals surface area contributed by atoms with Crippen LogP contribution in [-0.4, -0.2) is 5.91 Å². The minimum absolute atomic E-state index is 0.142. The van der Waals surface area contributed by atoms with Crippen LogP contribution in [0, 0.1) is 6.92 Å². The molecule has 1 atom stereocenters. The second-order valence-electron chi connectivity index (χ2n) is 6.09. The lowest BCUT2D eigenvalue weighted by atomic mass is 9.95. The van der Waals surface area contributed by atoms with Gasteiger partial charge < -0.3 is 5.32 Å². The molecule has 0 aliphatic rings. The normalized spacial score (nSPS) is 12.1. The summed E-state index contributed by atoms with van der Waals surface area (Å²) in [6.45, 7) is 2.06. The van der Waals surface area contributed by atoms with Gasteiger partial charge >= 0.3 is 0 Å². The highest BCUT2D eigenvalue weighted by Crippen LogP contribution is 2.24. The second kappa shape index (κ2) is 8.50. The number of amides is 1. The predicted molar refractivity (Wildman–Crippen MR) is 108 cm³/mol. The number of halogens is 1. The van der Waals surface area contributed by atoms with E-state index < -0.39 is 0 Å². The summed E-state index contributed by atoms with van der Waals surface area (Å²) in [6.07, 6.45) is 3.34. The minimum atomic E-state index is -0.195. The van der Waals surface area contributed by atoms with E-state index in [0.29, 0.717) is 5.02 Å². The fourth-order valence-electron chi connectivity index (χ4n) is 2.83. The lowest BCUT2D eigenvalue weighted by Gasteiger charge is -2.21.